The van der Waals surface area contributed by atoms with Crippen LogP contribution in [0.3, 0.4) is 0 Å². The number of aromatic amines is 1. The van der Waals surface area contributed by atoms with Crippen LogP contribution in [0.2, 0.25) is 0 Å². The highest BCUT2D eigenvalue weighted by Gasteiger charge is 2.23. The van der Waals surface area contributed by atoms with Gasteiger partial charge < -0.3 is 15.4 Å². The van der Waals surface area contributed by atoms with Gasteiger partial charge in [0.2, 0.25) is 0 Å². The number of thioether (sulfide) groups is 1. The summed E-state index contributed by atoms with van der Waals surface area (Å²) in [7, 11) is 0. The van der Waals surface area contributed by atoms with E-state index >= 15 is 0 Å². The fourth-order valence-corrected chi connectivity index (χ4v) is 3.38. The SMILES string of the molecule is CSc1ccccc1C(=O)N[C@H](Cc1c[nH]c2ccccc12)C(=O)O. The molecule has 2 aromatic carbocycles. The first kappa shape index (κ1) is 17.1. The first-order valence-electron chi connectivity index (χ1n) is 7.82. The van der Waals surface area contributed by atoms with Gasteiger partial charge >= 0.3 is 5.97 Å². The molecule has 0 unspecified atom stereocenters. The van der Waals surface area contributed by atoms with Crippen molar-refractivity contribution in [3.8, 4) is 0 Å². The lowest BCUT2D eigenvalue weighted by Gasteiger charge is -2.15. The van der Waals surface area contributed by atoms with Gasteiger partial charge in [-0.05, 0) is 30.0 Å². The smallest absolute Gasteiger partial charge is 0.326 e. The summed E-state index contributed by atoms with van der Waals surface area (Å²) in [5.41, 5.74) is 2.29. The Hall–Kier alpha value is -2.73. The van der Waals surface area contributed by atoms with E-state index in [1.807, 2.05) is 42.7 Å². The van der Waals surface area contributed by atoms with Gasteiger partial charge in [0.15, 0.2) is 0 Å². The Morgan fingerprint density at radius 3 is 2.64 bits per heavy atom. The maximum absolute atomic E-state index is 12.5. The third-order valence-corrected chi connectivity index (χ3v) is 4.85. The summed E-state index contributed by atoms with van der Waals surface area (Å²) in [6, 6.07) is 13.9. The Bertz CT molecular complexity index is 920. The van der Waals surface area contributed by atoms with Gasteiger partial charge in [0.25, 0.3) is 5.91 Å². The van der Waals surface area contributed by atoms with Crippen molar-refractivity contribution < 1.29 is 14.7 Å². The fourth-order valence-electron chi connectivity index (χ4n) is 2.79. The van der Waals surface area contributed by atoms with E-state index in [4.69, 9.17) is 0 Å². The molecule has 5 nitrogen and oxygen atoms in total. The van der Waals surface area contributed by atoms with Crippen LogP contribution in [0.1, 0.15) is 15.9 Å². The summed E-state index contributed by atoms with van der Waals surface area (Å²) in [6.07, 6.45) is 3.89. The van der Waals surface area contributed by atoms with Crippen molar-refractivity contribution in [2.45, 2.75) is 17.4 Å². The molecular formula is C19H18N2O3S. The van der Waals surface area contributed by atoms with E-state index in [1.165, 1.54) is 11.8 Å². The number of carbonyl (C=O) groups excluding carboxylic acids is 1. The number of carboxylic acid groups (broad SMARTS) is 1. The molecule has 25 heavy (non-hydrogen) atoms. The highest BCUT2D eigenvalue weighted by Crippen LogP contribution is 2.21. The molecule has 0 aliphatic rings. The number of carbonyl (C=O) groups is 2. The highest BCUT2D eigenvalue weighted by atomic mass is 32.2. The van der Waals surface area contributed by atoms with E-state index in [1.54, 1.807) is 18.3 Å². The van der Waals surface area contributed by atoms with E-state index in [-0.39, 0.29) is 12.3 Å². The van der Waals surface area contributed by atoms with Gasteiger partial charge in [-0.15, -0.1) is 11.8 Å². The van der Waals surface area contributed by atoms with E-state index in [0.29, 0.717) is 5.56 Å². The molecule has 6 heteroatoms. The molecule has 3 aromatic rings. The average Bonchev–Trinajstić information content (AvgIpc) is 3.04. The Balaban J connectivity index is 1.82. The number of rotatable bonds is 6. The maximum Gasteiger partial charge on any atom is 0.326 e. The molecule has 0 aliphatic carbocycles. The Kier molecular flexibility index (Phi) is 5.09. The lowest BCUT2D eigenvalue weighted by molar-refractivity contribution is -0.139. The Labute approximate surface area is 149 Å². The minimum absolute atomic E-state index is 0.215. The second-order valence-corrected chi connectivity index (χ2v) is 6.48. The fraction of sp³-hybridized carbons (Fsp3) is 0.158. The van der Waals surface area contributed by atoms with Gasteiger partial charge in [-0.3, -0.25) is 4.79 Å². The lowest BCUT2D eigenvalue weighted by Crippen LogP contribution is -2.42. The van der Waals surface area contributed by atoms with Crippen molar-refractivity contribution >= 4 is 34.5 Å². The standard InChI is InChI=1S/C19H18N2O3S/c1-25-17-9-5-3-7-14(17)18(22)21-16(19(23)24)10-12-11-20-15-8-4-2-6-13(12)15/h2-9,11,16,20H,10H2,1H3,(H,21,22)(H,23,24)/t16-/m1/s1. The molecule has 3 N–H and O–H groups in total. The van der Waals surface area contributed by atoms with Crippen LogP contribution >= 0.6 is 11.8 Å². The van der Waals surface area contributed by atoms with Crippen LogP contribution < -0.4 is 5.32 Å². The Morgan fingerprint density at radius 1 is 1.16 bits per heavy atom. The van der Waals surface area contributed by atoms with Gasteiger partial charge in [0.1, 0.15) is 6.04 Å². The van der Waals surface area contributed by atoms with E-state index in [2.05, 4.69) is 10.3 Å². The number of hydrogen-bond donors (Lipinski definition) is 3. The van der Waals surface area contributed by atoms with Crippen LogP contribution in [-0.4, -0.2) is 34.3 Å². The largest absolute Gasteiger partial charge is 0.480 e. The van der Waals surface area contributed by atoms with Crippen LogP contribution in [0, 0.1) is 0 Å². The van der Waals surface area contributed by atoms with Gasteiger partial charge in [0, 0.05) is 28.4 Å². The second-order valence-electron chi connectivity index (χ2n) is 5.63. The number of aromatic nitrogens is 1. The predicted octanol–water partition coefficient (Wildman–Crippen LogP) is 3.32. The minimum Gasteiger partial charge on any atom is -0.480 e. The summed E-state index contributed by atoms with van der Waals surface area (Å²) in [4.78, 5) is 28.1. The molecule has 0 saturated heterocycles. The van der Waals surface area contributed by atoms with Crippen LogP contribution in [0.15, 0.2) is 59.6 Å². The number of carboxylic acids is 1. The van der Waals surface area contributed by atoms with Crippen LogP contribution in [0.5, 0.6) is 0 Å². The van der Waals surface area contributed by atoms with Crippen molar-refractivity contribution in [1.29, 1.82) is 0 Å². The summed E-state index contributed by atoms with van der Waals surface area (Å²) in [5, 5.41) is 13.1. The molecule has 1 heterocycles. The van der Waals surface area contributed by atoms with Gasteiger partial charge in [0.05, 0.1) is 5.56 Å². The van der Waals surface area contributed by atoms with E-state index < -0.39 is 12.0 Å². The Morgan fingerprint density at radius 2 is 1.88 bits per heavy atom. The zero-order chi connectivity index (χ0) is 17.8. The van der Waals surface area contributed by atoms with Crippen LogP contribution in [-0.2, 0) is 11.2 Å². The zero-order valence-electron chi connectivity index (χ0n) is 13.7. The first-order valence-corrected chi connectivity index (χ1v) is 9.04. The molecule has 1 aromatic heterocycles. The predicted molar refractivity (Wildman–Crippen MR) is 99.1 cm³/mol. The van der Waals surface area contributed by atoms with Crippen molar-refractivity contribution in [1.82, 2.24) is 10.3 Å². The highest BCUT2D eigenvalue weighted by molar-refractivity contribution is 7.98. The topological polar surface area (TPSA) is 82.2 Å². The lowest BCUT2D eigenvalue weighted by atomic mass is 10.0. The van der Waals surface area contributed by atoms with Crippen molar-refractivity contribution in [3.63, 3.8) is 0 Å². The molecule has 1 atom stereocenters. The first-order chi connectivity index (χ1) is 12.1. The van der Waals surface area contributed by atoms with Crippen LogP contribution in [0.25, 0.3) is 10.9 Å². The molecule has 0 fully saturated rings. The van der Waals surface area contributed by atoms with Crippen molar-refractivity contribution in [2.24, 2.45) is 0 Å². The second kappa shape index (κ2) is 7.44. The van der Waals surface area contributed by atoms with E-state index in [9.17, 15) is 14.7 Å². The maximum atomic E-state index is 12.5. The van der Waals surface area contributed by atoms with Crippen LogP contribution in [0.4, 0.5) is 0 Å². The number of nitrogens with one attached hydrogen (secondary N) is 2. The minimum atomic E-state index is -1.06. The molecule has 0 spiro atoms. The van der Waals surface area contributed by atoms with Gasteiger partial charge in [-0.1, -0.05) is 30.3 Å². The number of amides is 1. The monoisotopic (exact) mass is 354 g/mol. The number of benzene rings is 2. The van der Waals surface area contributed by atoms with Gasteiger partial charge in [-0.25, -0.2) is 4.79 Å². The number of hydrogen-bond acceptors (Lipinski definition) is 3. The molecule has 128 valence electrons. The molecule has 0 aliphatic heterocycles. The summed E-state index contributed by atoms with van der Waals surface area (Å²) >= 11 is 1.45. The number of aliphatic carboxylic acids is 1. The third-order valence-electron chi connectivity index (χ3n) is 4.05. The van der Waals surface area contributed by atoms with Crippen molar-refractivity contribution in [2.75, 3.05) is 6.26 Å². The average molecular weight is 354 g/mol. The molecule has 0 bridgehead atoms. The summed E-state index contributed by atoms with van der Waals surface area (Å²) in [5.74, 6) is -1.43. The number of H-pyrrole nitrogens is 1. The number of fused-ring (bicyclic) bond motifs is 1. The van der Waals surface area contributed by atoms with Crippen molar-refractivity contribution in [3.05, 3.63) is 65.9 Å². The molecule has 3 rings (SSSR count). The normalized spacial score (nSPS) is 12.0. The molecular weight excluding hydrogens is 336 g/mol. The molecule has 0 saturated carbocycles. The molecule has 0 radical (unpaired) electrons. The quantitative estimate of drug-likeness (QED) is 0.593. The van der Waals surface area contributed by atoms with E-state index in [0.717, 1.165) is 21.4 Å². The third kappa shape index (κ3) is 3.69. The van der Waals surface area contributed by atoms with Gasteiger partial charge in [-0.2, -0.15) is 0 Å². The molecule has 1 amide bonds. The zero-order valence-corrected chi connectivity index (χ0v) is 14.5. The number of para-hydroxylation sites is 1. The summed E-state index contributed by atoms with van der Waals surface area (Å²) < 4.78 is 0. The summed E-state index contributed by atoms with van der Waals surface area (Å²) in [6.45, 7) is 0.